The lowest BCUT2D eigenvalue weighted by atomic mass is 9.91. The smallest absolute Gasteiger partial charge is 0.149 e. The van der Waals surface area contributed by atoms with Crippen molar-refractivity contribution in [1.29, 1.82) is 0 Å². The maximum atomic E-state index is 13.7. The van der Waals surface area contributed by atoms with Gasteiger partial charge in [0.05, 0.1) is 12.7 Å². The summed E-state index contributed by atoms with van der Waals surface area (Å²) >= 11 is 0. The topological polar surface area (TPSA) is 21.3 Å². The van der Waals surface area contributed by atoms with Crippen molar-refractivity contribution in [2.45, 2.75) is 31.2 Å². The maximum absolute atomic E-state index is 13.7. The van der Waals surface area contributed by atoms with E-state index in [9.17, 15) is 8.78 Å². The Morgan fingerprint density at radius 2 is 2.18 bits per heavy atom. The van der Waals surface area contributed by atoms with E-state index in [1.807, 2.05) is 0 Å². The van der Waals surface area contributed by atoms with E-state index < -0.39 is 6.17 Å². The quantitative estimate of drug-likeness (QED) is 0.813. The number of rotatable bonds is 1. The Hall–Kier alpha value is -1.00. The monoisotopic (exact) mass is 239 g/mol. The zero-order valence-corrected chi connectivity index (χ0v) is 9.46. The van der Waals surface area contributed by atoms with Crippen molar-refractivity contribution < 1.29 is 13.5 Å². The average molecular weight is 239 g/mol. The van der Waals surface area contributed by atoms with E-state index in [1.54, 1.807) is 6.07 Å². The minimum absolute atomic E-state index is 0.0271. The van der Waals surface area contributed by atoms with Gasteiger partial charge in [-0.3, -0.25) is 0 Å². The molecule has 2 aliphatic heterocycles. The van der Waals surface area contributed by atoms with Crippen LogP contribution >= 0.6 is 0 Å². The van der Waals surface area contributed by atoms with Gasteiger partial charge in [-0.25, -0.2) is 8.78 Å². The van der Waals surface area contributed by atoms with Crippen LogP contribution in [0.4, 0.5) is 8.78 Å². The van der Waals surface area contributed by atoms with Crippen molar-refractivity contribution >= 4 is 0 Å². The van der Waals surface area contributed by atoms with Crippen molar-refractivity contribution in [2.24, 2.45) is 0 Å². The number of nitrogens with one attached hydrogen (secondary N) is 1. The predicted molar refractivity (Wildman–Crippen MR) is 60.0 cm³/mol. The van der Waals surface area contributed by atoms with Gasteiger partial charge < -0.3 is 10.1 Å². The van der Waals surface area contributed by atoms with Crippen LogP contribution in [0.3, 0.4) is 0 Å². The lowest BCUT2D eigenvalue weighted by Crippen LogP contribution is -2.34. The van der Waals surface area contributed by atoms with Gasteiger partial charge in [0.25, 0.3) is 0 Å². The van der Waals surface area contributed by atoms with Gasteiger partial charge in [0, 0.05) is 6.04 Å². The average Bonchev–Trinajstić information content (AvgIpc) is 2.84. The summed E-state index contributed by atoms with van der Waals surface area (Å²) in [7, 11) is 0. The Morgan fingerprint density at radius 1 is 1.29 bits per heavy atom. The standard InChI is InChI=1S/C13H15F2NO/c14-8-3-4-9-10(6-8)11(15)7-17-13(9)12-2-1-5-16-12/h3-4,6,11-13,16H,1-2,5,7H2/t11?,12-,13?/m0/s1. The first-order valence-electron chi connectivity index (χ1n) is 6.04. The Balaban J connectivity index is 1.96. The van der Waals surface area contributed by atoms with Gasteiger partial charge in [0.15, 0.2) is 0 Å². The lowest BCUT2D eigenvalue weighted by molar-refractivity contribution is -0.0180. The van der Waals surface area contributed by atoms with Crippen LogP contribution in [0.25, 0.3) is 0 Å². The van der Waals surface area contributed by atoms with E-state index in [4.69, 9.17) is 4.74 Å². The molecule has 0 aromatic heterocycles. The molecule has 1 N–H and O–H groups in total. The molecule has 0 radical (unpaired) electrons. The van der Waals surface area contributed by atoms with Crippen LogP contribution in [-0.4, -0.2) is 19.2 Å². The number of halogens is 2. The van der Waals surface area contributed by atoms with Crippen LogP contribution in [-0.2, 0) is 4.74 Å². The van der Waals surface area contributed by atoms with Crippen LogP contribution < -0.4 is 5.32 Å². The van der Waals surface area contributed by atoms with E-state index in [1.165, 1.54) is 12.1 Å². The molecule has 0 aliphatic carbocycles. The second kappa shape index (κ2) is 4.35. The van der Waals surface area contributed by atoms with Crippen LogP contribution in [0, 0.1) is 5.82 Å². The molecule has 0 amide bonds. The molecular formula is C13H15F2NO. The van der Waals surface area contributed by atoms with Crippen molar-refractivity contribution in [3.63, 3.8) is 0 Å². The molecule has 92 valence electrons. The van der Waals surface area contributed by atoms with E-state index in [0.717, 1.165) is 24.9 Å². The highest BCUT2D eigenvalue weighted by molar-refractivity contribution is 5.34. The van der Waals surface area contributed by atoms with Crippen molar-refractivity contribution in [2.75, 3.05) is 13.2 Å². The maximum Gasteiger partial charge on any atom is 0.149 e. The number of fused-ring (bicyclic) bond motifs is 1. The molecule has 0 bridgehead atoms. The predicted octanol–water partition coefficient (Wildman–Crippen LogP) is 2.66. The summed E-state index contributed by atoms with van der Waals surface area (Å²) in [6.07, 6.45) is 0.789. The summed E-state index contributed by atoms with van der Waals surface area (Å²) in [6.45, 7) is 0.999. The number of hydrogen-bond acceptors (Lipinski definition) is 2. The summed E-state index contributed by atoms with van der Waals surface area (Å²) in [5, 5.41) is 3.36. The fraction of sp³-hybridized carbons (Fsp3) is 0.538. The molecule has 2 unspecified atom stereocenters. The number of ether oxygens (including phenoxy) is 1. The molecule has 0 spiro atoms. The fourth-order valence-electron chi connectivity index (χ4n) is 2.75. The van der Waals surface area contributed by atoms with Crippen LogP contribution in [0.15, 0.2) is 18.2 Å². The van der Waals surface area contributed by atoms with Gasteiger partial charge in [-0.15, -0.1) is 0 Å². The highest BCUT2D eigenvalue weighted by Crippen LogP contribution is 2.38. The van der Waals surface area contributed by atoms with Crippen LogP contribution in [0.1, 0.15) is 36.2 Å². The summed E-state index contributed by atoms with van der Waals surface area (Å²) in [6, 6.07) is 4.56. The minimum Gasteiger partial charge on any atom is -0.368 e. The van der Waals surface area contributed by atoms with Gasteiger partial charge in [-0.05, 0) is 42.6 Å². The second-order valence-corrected chi connectivity index (χ2v) is 4.70. The third-order valence-corrected chi connectivity index (χ3v) is 3.58. The van der Waals surface area contributed by atoms with Gasteiger partial charge in [0.1, 0.15) is 12.0 Å². The summed E-state index contributed by atoms with van der Waals surface area (Å²) in [4.78, 5) is 0. The summed E-state index contributed by atoms with van der Waals surface area (Å²) < 4.78 is 32.4. The summed E-state index contributed by atoms with van der Waals surface area (Å²) in [5.41, 5.74) is 1.25. The molecular weight excluding hydrogens is 224 g/mol. The lowest BCUT2D eigenvalue weighted by Gasteiger charge is -2.32. The largest absolute Gasteiger partial charge is 0.368 e. The minimum atomic E-state index is -1.21. The van der Waals surface area contributed by atoms with Gasteiger partial charge in [-0.1, -0.05) is 6.07 Å². The Bertz CT molecular complexity index is 418. The molecule has 3 rings (SSSR count). The third-order valence-electron chi connectivity index (χ3n) is 3.58. The Labute approximate surface area is 99.0 Å². The van der Waals surface area contributed by atoms with E-state index in [2.05, 4.69) is 5.32 Å². The first-order chi connectivity index (χ1) is 8.25. The molecule has 0 saturated carbocycles. The van der Waals surface area contributed by atoms with E-state index in [0.29, 0.717) is 5.56 Å². The highest BCUT2D eigenvalue weighted by atomic mass is 19.1. The van der Waals surface area contributed by atoms with Crippen molar-refractivity contribution in [3.05, 3.63) is 35.1 Å². The molecule has 17 heavy (non-hydrogen) atoms. The molecule has 2 nitrogen and oxygen atoms in total. The van der Waals surface area contributed by atoms with Crippen molar-refractivity contribution in [1.82, 2.24) is 5.32 Å². The van der Waals surface area contributed by atoms with E-state index in [-0.39, 0.29) is 24.6 Å². The first kappa shape index (κ1) is 11.1. The molecule has 3 atom stereocenters. The molecule has 2 heterocycles. The molecule has 1 fully saturated rings. The van der Waals surface area contributed by atoms with E-state index >= 15 is 0 Å². The first-order valence-corrected chi connectivity index (χ1v) is 6.04. The zero-order chi connectivity index (χ0) is 11.8. The third kappa shape index (κ3) is 1.96. The molecule has 1 aromatic carbocycles. The van der Waals surface area contributed by atoms with Gasteiger partial charge in [0.2, 0.25) is 0 Å². The SMILES string of the molecule is Fc1ccc2c(c1)C(F)COC2[C@@H]1CCCN1. The molecule has 1 saturated heterocycles. The molecule has 4 heteroatoms. The second-order valence-electron chi connectivity index (χ2n) is 4.70. The van der Waals surface area contributed by atoms with Crippen molar-refractivity contribution in [3.8, 4) is 0 Å². The van der Waals surface area contributed by atoms with Gasteiger partial charge >= 0.3 is 0 Å². The Morgan fingerprint density at radius 3 is 2.94 bits per heavy atom. The Kier molecular flexibility index (Phi) is 2.84. The highest BCUT2D eigenvalue weighted by Gasteiger charge is 2.34. The normalized spacial score (nSPS) is 32.5. The van der Waals surface area contributed by atoms with Crippen LogP contribution in [0.2, 0.25) is 0 Å². The number of benzene rings is 1. The number of alkyl halides is 1. The summed E-state index contributed by atoms with van der Waals surface area (Å²) in [5.74, 6) is -0.383. The zero-order valence-electron chi connectivity index (χ0n) is 9.46. The van der Waals surface area contributed by atoms with Crippen LogP contribution in [0.5, 0.6) is 0 Å². The number of hydrogen-bond donors (Lipinski definition) is 1. The van der Waals surface area contributed by atoms with Gasteiger partial charge in [-0.2, -0.15) is 0 Å². The fourth-order valence-corrected chi connectivity index (χ4v) is 2.75. The molecule has 2 aliphatic rings. The molecule has 1 aromatic rings.